The van der Waals surface area contributed by atoms with Gasteiger partial charge in [0.1, 0.15) is 0 Å². The van der Waals surface area contributed by atoms with Crippen LogP contribution < -0.4 is 0 Å². The van der Waals surface area contributed by atoms with Crippen molar-refractivity contribution in [1.82, 2.24) is 0 Å². The van der Waals surface area contributed by atoms with E-state index in [1.807, 2.05) is 6.08 Å². The van der Waals surface area contributed by atoms with Gasteiger partial charge in [-0.2, -0.15) is 0 Å². The molecule has 2 aromatic rings. The lowest BCUT2D eigenvalue weighted by Gasteiger charge is -2.05. The smallest absolute Gasteiger partial charge is 0.0184 e. The van der Waals surface area contributed by atoms with E-state index in [-0.39, 0.29) is 0 Å². The molecule has 0 heteroatoms. The third-order valence-electron chi connectivity index (χ3n) is 3.71. The Bertz CT molecular complexity index is 570. The van der Waals surface area contributed by atoms with Crippen LogP contribution in [-0.2, 0) is 12.8 Å². The average Bonchev–Trinajstić information content (AvgIpc) is 2.54. The Hall–Kier alpha value is -2.08. The zero-order valence-corrected chi connectivity index (χ0v) is 12.9. The maximum Gasteiger partial charge on any atom is -0.0184 e. The van der Waals surface area contributed by atoms with E-state index in [0.717, 1.165) is 25.7 Å². The van der Waals surface area contributed by atoms with Gasteiger partial charge in [-0.3, -0.25) is 0 Å². The predicted octanol–water partition coefficient (Wildman–Crippen LogP) is 5.98. The molecule has 21 heavy (non-hydrogen) atoms. The van der Waals surface area contributed by atoms with Gasteiger partial charge in [-0.1, -0.05) is 66.8 Å². The van der Waals surface area contributed by atoms with Crippen LogP contribution >= 0.6 is 0 Å². The minimum absolute atomic E-state index is 1.04. The molecule has 0 aliphatic rings. The topological polar surface area (TPSA) is 0 Å². The van der Waals surface area contributed by atoms with Crippen LogP contribution in [0, 0.1) is 0 Å². The molecule has 0 atom stereocenters. The molecular formula is C21H24. The van der Waals surface area contributed by atoms with Gasteiger partial charge >= 0.3 is 0 Å². The summed E-state index contributed by atoms with van der Waals surface area (Å²) < 4.78 is 0. The number of hydrogen-bond acceptors (Lipinski definition) is 0. The van der Waals surface area contributed by atoms with E-state index >= 15 is 0 Å². The van der Waals surface area contributed by atoms with Crippen LogP contribution in [0.5, 0.6) is 0 Å². The van der Waals surface area contributed by atoms with Crippen LogP contribution in [0.3, 0.4) is 0 Å². The lowest BCUT2D eigenvalue weighted by atomic mass is 10.00. The zero-order chi connectivity index (χ0) is 14.9. The second-order valence-corrected chi connectivity index (χ2v) is 5.33. The second-order valence-electron chi connectivity index (χ2n) is 5.33. The Kier molecular flexibility index (Phi) is 6.02. The Labute approximate surface area is 128 Å². The molecular weight excluding hydrogens is 252 g/mol. The predicted molar refractivity (Wildman–Crippen MR) is 93.5 cm³/mol. The molecule has 0 aromatic heterocycles. The van der Waals surface area contributed by atoms with Crippen molar-refractivity contribution in [3.63, 3.8) is 0 Å². The fourth-order valence-corrected chi connectivity index (χ4v) is 2.41. The molecule has 0 N–H and O–H groups in total. The first kappa shape index (κ1) is 15.3. The van der Waals surface area contributed by atoms with Crippen molar-refractivity contribution in [2.24, 2.45) is 0 Å². The Balaban J connectivity index is 2.02. The Morgan fingerprint density at radius 3 is 1.67 bits per heavy atom. The number of rotatable bonds is 7. The lowest BCUT2D eigenvalue weighted by molar-refractivity contribution is 0.999. The first-order valence-electron chi connectivity index (χ1n) is 7.74. The van der Waals surface area contributed by atoms with Gasteiger partial charge in [-0.05, 0) is 54.9 Å². The lowest BCUT2D eigenvalue weighted by Crippen LogP contribution is -1.86. The van der Waals surface area contributed by atoms with Crippen LogP contribution in [0.2, 0.25) is 0 Å². The molecule has 0 saturated heterocycles. The molecule has 0 fully saturated rings. The van der Waals surface area contributed by atoms with Crippen molar-refractivity contribution in [2.45, 2.75) is 32.6 Å². The van der Waals surface area contributed by atoms with E-state index in [9.17, 15) is 0 Å². The van der Waals surface area contributed by atoms with Crippen LogP contribution in [0.4, 0.5) is 0 Å². The quantitative estimate of drug-likeness (QED) is 0.546. The Morgan fingerprint density at radius 1 is 0.762 bits per heavy atom. The van der Waals surface area contributed by atoms with E-state index < -0.39 is 0 Å². The van der Waals surface area contributed by atoms with Gasteiger partial charge < -0.3 is 0 Å². The van der Waals surface area contributed by atoms with Gasteiger partial charge in [-0.15, -0.1) is 6.58 Å². The maximum atomic E-state index is 3.77. The molecule has 0 unspecified atom stereocenters. The van der Waals surface area contributed by atoms with Crippen molar-refractivity contribution in [3.05, 3.63) is 84.5 Å². The highest BCUT2D eigenvalue weighted by molar-refractivity contribution is 5.64. The van der Waals surface area contributed by atoms with E-state index in [0.29, 0.717) is 0 Å². The van der Waals surface area contributed by atoms with E-state index in [4.69, 9.17) is 0 Å². The minimum atomic E-state index is 1.04. The summed E-state index contributed by atoms with van der Waals surface area (Å²) in [5.41, 5.74) is 5.36. The molecule has 2 rings (SSSR count). The molecule has 0 aliphatic carbocycles. The molecule has 108 valence electrons. The fraction of sp³-hybridized carbons (Fsp3) is 0.238. The van der Waals surface area contributed by atoms with Crippen molar-refractivity contribution in [3.8, 4) is 11.1 Å². The number of allylic oxidation sites excluding steroid dienone is 3. The van der Waals surface area contributed by atoms with Gasteiger partial charge in [0, 0.05) is 0 Å². The van der Waals surface area contributed by atoms with Crippen molar-refractivity contribution in [2.75, 3.05) is 0 Å². The molecule has 0 nitrogen and oxygen atoms in total. The fourth-order valence-electron chi connectivity index (χ4n) is 2.41. The van der Waals surface area contributed by atoms with Gasteiger partial charge in [0.05, 0.1) is 0 Å². The Morgan fingerprint density at radius 2 is 1.24 bits per heavy atom. The molecule has 0 amide bonds. The van der Waals surface area contributed by atoms with Gasteiger partial charge in [0.15, 0.2) is 0 Å². The largest absolute Gasteiger partial charge is 0.103 e. The summed E-state index contributed by atoms with van der Waals surface area (Å²) in [6, 6.07) is 17.8. The molecule has 0 aliphatic heterocycles. The van der Waals surface area contributed by atoms with Crippen LogP contribution in [-0.4, -0.2) is 0 Å². The van der Waals surface area contributed by atoms with Gasteiger partial charge in [0.2, 0.25) is 0 Å². The number of benzene rings is 2. The molecule has 2 aromatic carbocycles. The van der Waals surface area contributed by atoms with E-state index in [1.165, 1.54) is 22.3 Å². The van der Waals surface area contributed by atoms with E-state index in [1.54, 1.807) is 0 Å². The van der Waals surface area contributed by atoms with Crippen LogP contribution in [0.15, 0.2) is 73.3 Å². The third kappa shape index (κ3) is 4.75. The van der Waals surface area contributed by atoms with Gasteiger partial charge in [0.25, 0.3) is 0 Å². The third-order valence-corrected chi connectivity index (χ3v) is 3.71. The zero-order valence-electron chi connectivity index (χ0n) is 12.9. The summed E-state index contributed by atoms with van der Waals surface area (Å²) in [6.45, 7) is 5.84. The van der Waals surface area contributed by atoms with Gasteiger partial charge in [-0.25, -0.2) is 0 Å². The number of hydrogen-bond donors (Lipinski definition) is 0. The maximum absolute atomic E-state index is 3.77. The minimum Gasteiger partial charge on any atom is -0.103 e. The highest BCUT2D eigenvalue weighted by Crippen LogP contribution is 2.21. The highest BCUT2D eigenvalue weighted by Gasteiger charge is 1.99. The summed E-state index contributed by atoms with van der Waals surface area (Å²) in [7, 11) is 0. The summed E-state index contributed by atoms with van der Waals surface area (Å²) in [5, 5.41) is 0. The van der Waals surface area contributed by atoms with E-state index in [2.05, 4.69) is 74.2 Å². The molecule has 0 heterocycles. The normalized spacial score (nSPS) is 10.9. The average molecular weight is 276 g/mol. The van der Waals surface area contributed by atoms with Crippen molar-refractivity contribution < 1.29 is 0 Å². The molecule has 0 bridgehead atoms. The molecule has 0 radical (unpaired) electrons. The van der Waals surface area contributed by atoms with Crippen molar-refractivity contribution in [1.29, 1.82) is 0 Å². The first-order chi connectivity index (χ1) is 10.3. The SMILES string of the molecule is C=CCCc1ccc(-c2ccc(CCC=CC)cc2)cc1. The number of aryl methyl sites for hydroxylation is 2. The summed E-state index contributed by atoms with van der Waals surface area (Å²) in [5.74, 6) is 0. The standard InChI is InChI=1S/C21H24/c1-3-5-7-9-19-12-16-21(17-13-19)20-14-10-18(11-15-20)8-6-4-2/h3-5,10-17H,2,6-9H2,1H3. The first-order valence-corrected chi connectivity index (χ1v) is 7.74. The summed E-state index contributed by atoms with van der Waals surface area (Å²) >= 11 is 0. The molecule has 0 saturated carbocycles. The van der Waals surface area contributed by atoms with Crippen LogP contribution in [0.25, 0.3) is 11.1 Å². The van der Waals surface area contributed by atoms with Crippen LogP contribution in [0.1, 0.15) is 30.9 Å². The van der Waals surface area contributed by atoms with Crippen molar-refractivity contribution >= 4 is 0 Å². The summed E-state index contributed by atoms with van der Waals surface area (Å²) in [4.78, 5) is 0. The summed E-state index contributed by atoms with van der Waals surface area (Å²) in [6.07, 6.45) is 10.7. The second kappa shape index (κ2) is 8.26. The highest BCUT2D eigenvalue weighted by atomic mass is 14.0. The monoisotopic (exact) mass is 276 g/mol. The molecule has 0 spiro atoms.